The molecular formula is C16H29N5O8. The SMILES string of the molecule is CC(C)[C@H](NC(=O)[C@H](CCC(=O)O)NO)C(=O)N[C@@H](CCCNC(N)=O)C(=O)O. The second-order valence-electron chi connectivity index (χ2n) is 6.68. The van der Waals surface area contributed by atoms with Crippen LogP contribution in [0.25, 0.3) is 0 Å². The molecule has 0 aliphatic carbocycles. The van der Waals surface area contributed by atoms with Gasteiger partial charge in [0.25, 0.3) is 0 Å². The van der Waals surface area contributed by atoms with E-state index in [0.29, 0.717) is 0 Å². The molecule has 0 unspecified atom stereocenters. The summed E-state index contributed by atoms with van der Waals surface area (Å²) in [6.45, 7) is 3.37. The number of rotatable bonds is 14. The van der Waals surface area contributed by atoms with Crippen molar-refractivity contribution in [2.24, 2.45) is 11.7 Å². The molecule has 0 bridgehead atoms. The van der Waals surface area contributed by atoms with Crippen LogP contribution in [0.5, 0.6) is 0 Å². The van der Waals surface area contributed by atoms with E-state index in [0.717, 1.165) is 0 Å². The van der Waals surface area contributed by atoms with E-state index in [1.165, 1.54) is 0 Å². The smallest absolute Gasteiger partial charge is 0.326 e. The first kappa shape index (κ1) is 26.1. The third-order valence-corrected chi connectivity index (χ3v) is 3.95. The van der Waals surface area contributed by atoms with Crippen molar-refractivity contribution in [3.63, 3.8) is 0 Å². The zero-order chi connectivity index (χ0) is 22.6. The summed E-state index contributed by atoms with van der Waals surface area (Å²) in [5, 5.41) is 34.0. The molecule has 0 heterocycles. The summed E-state index contributed by atoms with van der Waals surface area (Å²) in [4.78, 5) is 57.3. The number of amides is 4. The average Bonchev–Trinajstić information content (AvgIpc) is 2.61. The van der Waals surface area contributed by atoms with E-state index in [-0.39, 0.29) is 32.2 Å². The van der Waals surface area contributed by atoms with Crippen molar-refractivity contribution >= 4 is 29.8 Å². The van der Waals surface area contributed by atoms with Crippen LogP contribution in [0.3, 0.4) is 0 Å². The minimum atomic E-state index is -1.29. The van der Waals surface area contributed by atoms with Crippen LogP contribution in [0.4, 0.5) is 4.79 Å². The van der Waals surface area contributed by atoms with E-state index in [9.17, 15) is 29.1 Å². The average molecular weight is 419 g/mol. The zero-order valence-electron chi connectivity index (χ0n) is 16.3. The molecule has 29 heavy (non-hydrogen) atoms. The molecule has 0 radical (unpaired) electrons. The second kappa shape index (κ2) is 13.3. The highest BCUT2D eigenvalue weighted by molar-refractivity contribution is 5.92. The quantitative estimate of drug-likeness (QED) is 0.119. The van der Waals surface area contributed by atoms with Crippen molar-refractivity contribution in [2.45, 2.75) is 57.7 Å². The Hall–Kier alpha value is -2.93. The molecular weight excluding hydrogens is 390 g/mol. The van der Waals surface area contributed by atoms with Gasteiger partial charge in [-0.2, -0.15) is 5.48 Å². The standard InChI is InChI=1S/C16H29N5O8/c1-8(2)12(20-13(24)9(21-29)5-6-11(22)23)14(25)19-10(15(26)27)4-3-7-18-16(17)28/h8-10,12,21,29H,3-7H2,1-2H3,(H,19,25)(H,20,24)(H,22,23)(H,26,27)(H3,17,18,28)/t9-,10-,12-/m0/s1. The molecule has 0 spiro atoms. The van der Waals surface area contributed by atoms with Gasteiger partial charge in [-0.1, -0.05) is 13.8 Å². The number of carboxylic acids is 2. The maximum Gasteiger partial charge on any atom is 0.326 e. The van der Waals surface area contributed by atoms with Gasteiger partial charge in [0, 0.05) is 13.0 Å². The molecule has 166 valence electrons. The molecule has 13 nitrogen and oxygen atoms in total. The Bertz CT molecular complexity index is 598. The Balaban J connectivity index is 4.95. The molecule has 9 N–H and O–H groups in total. The third kappa shape index (κ3) is 10.8. The molecule has 0 aromatic heterocycles. The summed E-state index contributed by atoms with van der Waals surface area (Å²) in [6, 6.07) is -4.38. The molecule has 0 aliphatic rings. The largest absolute Gasteiger partial charge is 0.481 e. The predicted octanol–water partition coefficient (Wildman–Crippen LogP) is -1.64. The van der Waals surface area contributed by atoms with Gasteiger partial charge in [-0.25, -0.2) is 9.59 Å². The highest BCUT2D eigenvalue weighted by Crippen LogP contribution is 2.06. The molecule has 0 saturated carbocycles. The van der Waals surface area contributed by atoms with Crippen molar-refractivity contribution in [3.8, 4) is 0 Å². The van der Waals surface area contributed by atoms with E-state index in [1.807, 2.05) is 0 Å². The first-order valence-electron chi connectivity index (χ1n) is 8.97. The number of nitrogens with two attached hydrogens (primary N) is 1. The second-order valence-corrected chi connectivity index (χ2v) is 6.68. The predicted molar refractivity (Wildman–Crippen MR) is 98.7 cm³/mol. The Morgan fingerprint density at radius 3 is 2.00 bits per heavy atom. The van der Waals surface area contributed by atoms with Crippen LogP contribution in [0.2, 0.25) is 0 Å². The van der Waals surface area contributed by atoms with Crippen LogP contribution < -0.4 is 27.2 Å². The molecule has 0 fully saturated rings. The summed E-state index contributed by atoms with van der Waals surface area (Å²) in [6.07, 6.45) is -0.344. The van der Waals surface area contributed by atoms with Gasteiger partial charge in [0.2, 0.25) is 11.8 Å². The first-order valence-corrected chi connectivity index (χ1v) is 8.97. The Morgan fingerprint density at radius 2 is 1.55 bits per heavy atom. The number of aliphatic carboxylic acids is 2. The van der Waals surface area contributed by atoms with Crippen LogP contribution in [-0.4, -0.2) is 69.9 Å². The molecule has 0 aromatic carbocycles. The molecule has 0 rings (SSSR count). The van der Waals surface area contributed by atoms with Gasteiger partial charge in [-0.05, 0) is 25.2 Å². The number of hydrogen-bond donors (Lipinski definition) is 8. The van der Waals surface area contributed by atoms with Gasteiger partial charge in [0.05, 0.1) is 0 Å². The molecule has 4 amide bonds. The molecule has 13 heteroatoms. The number of nitrogens with one attached hydrogen (secondary N) is 4. The Kier molecular flexibility index (Phi) is 11.9. The zero-order valence-corrected chi connectivity index (χ0v) is 16.3. The van der Waals surface area contributed by atoms with Crippen molar-refractivity contribution < 1.29 is 39.4 Å². The number of primary amides is 1. The summed E-state index contributed by atoms with van der Waals surface area (Å²) < 4.78 is 0. The van der Waals surface area contributed by atoms with Crippen LogP contribution >= 0.6 is 0 Å². The molecule has 0 aliphatic heterocycles. The Labute approximate surface area is 167 Å². The maximum atomic E-state index is 12.5. The van der Waals surface area contributed by atoms with Crippen molar-refractivity contribution in [2.75, 3.05) is 6.54 Å². The summed E-state index contributed by atoms with van der Waals surface area (Å²) in [5.74, 6) is -4.43. The number of carbonyl (C=O) groups excluding carboxylic acids is 3. The van der Waals surface area contributed by atoms with Crippen LogP contribution in [0, 0.1) is 5.92 Å². The van der Waals surface area contributed by atoms with Crippen LogP contribution in [0.1, 0.15) is 39.5 Å². The van der Waals surface area contributed by atoms with Crippen LogP contribution in [0.15, 0.2) is 0 Å². The lowest BCUT2D eigenvalue weighted by atomic mass is 10.0. The lowest BCUT2D eigenvalue weighted by molar-refractivity contribution is -0.142. The van der Waals surface area contributed by atoms with Gasteiger partial charge >= 0.3 is 18.0 Å². The van der Waals surface area contributed by atoms with E-state index in [4.69, 9.17) is 16.0 Å². The number of carboxylic acid groups (broad SMARTS) is 2. The van der Waals surface area contributed by atoms with E-state index in [1.54, 1.807) is 19.3 Å². The van der Waals surface area contributed by atoms with Gasteiger partial charge in [0.1, 0.15) is 18.1 Å². The highest BCUT2D eigenvalue weighted by Gasteiger charge is 2.30. The monoisotopic (exact) mass is 419 g/mol. The fourth-order valence-electron chi connectivity index (χ4n) is 2.35. The fraction of sp³-hybridized carbons (Fsp3) is 0.688. The van der Waals surface area contributed by atoms with Gasteiger partial charge < -0.3 is 37.1 Å². The third-order valence-electron chi connectivity index (χ3n) is 3.95. The fourth-order valence-corrected chi connectivity index (χ4v) is 2.35. The molecule has 3 atom stereocenters. The topological polar surface area (TPSA) is 220 Å². The molecule has 0 aromatic rings. The normalized spacial score (nSPS) is 13.8. The summed E-state index contributed by atoms with van der Waals surface area (Å²) in [7, 11) is 0. The minimum absolute atomic E-state index is 0.0134. The lowest BCUT2D eigenvalue weighted by Crippen LogP contribution is -2.56. The molecule has 0 saturated heterocycles. The van der Waals surface area contributed by atoms with E-state index >= 15 is 0 Å². The Morgan fingerprint density at radius 1 is 0.931 bits per heavy atom. The number of carbonyl (C=O) groups is 5. The summed E-state index contributed by atoms with van der Waals surface area (Å²) >= 11 is 0. The lowest BCUT2D eigenvalue weighted by Gasteiger charge is -2.25. The van der Waals surface area contributed by atoms with Gasteiger partial charge in [0.15, 0.2) is 0 Å². The van der Waals surface area contributed by atoms with Crippen LogP contribution in [-0.2, 0) is 19.2 Å². The van der Waals surface area contributed by atoms with Crippen molar-refractivity contribution in [1.82, 2.24) is 21.4 Å². The highest BCUT2D eigenvalue weighted by atomic mass is 16.5. The number of hydroxylamine groups is 1. The van der Waals surface area contributed by atoms with Crippen molar-refractivity contribution in [1.29, 1.82) is 0 Å². The van der Waals surface area contributed by atoms with E-state index in [2.05, 4.69) is 16.0 Å². The minimum Gasteiger partial charge on any atom is -0.481 e. The van der Waals surface area contributed by atoms with Gasteiger partial charge in [-0.3, -0.25) is 14.4 Å². The van der Waals surface area contributed by atoms with Gasteiger partial charge in [-0.15, -0.1) is 0 Å². The maximum absolute atomic E-state index is 12.5. The van der Waals surface area contributed by atoms with Crippen molar-refractivity contribution in [3.05, 3.63) is 0 Å². The van der Waals surface area contributed by atoms with E-state index < -0.39 is 53.8 Å². The number of urea groups is 1. The summed E-state index contributed by atoms with van der Waals surface area (Å²) in [5.41, 5.74) is 6.61. The first-order chi connectivity index (χ1) is 13.5. The number of hydrogen-bond acceptors (Lipinski definition) is 7.